The molecule has 1 aromatic carbocycles. The fraction of sp³-hybridized carbons (Fsp3) is 0.0909. The molecule has 1 N–H and O–H groups in total. The van der Waals surface area contributed by atoms with E-state index in [4.69, 9.17) is 5.11 Å². The van der Waals surface area contributed by atoms with Crippen LogP contribution in [0.2, 0.25) is 0 Å². The number of hydrogen-bond donors (Lipinski definition) is 1. The molecule has 72 valence electrons. The summed E-state index contributed by atoms with van der Waals surface area (Å²) < 4.78 is 0. The minimum absolute atomic E-state index is 0.389. The first kappa shape index (κ1) is 10.2. The Morgan fingerprint density at radius 1 is 1.29 bits per heavy atom. The average Bonchev–Trinajstić information content (AvgIpc) is 2.16. The summed E-state index contributed by atoms with van der Waals surface area (Å²) in [6.45, 7) is 4.97. The first-order chi connectivity index (χ1) is 6.54. The van der Waals surface area contributed by atoms with E-state index in [0.717, 1.165) is 5.56 Å². The Bertz CT molecular complexity index is 405. The SMILES string of the molecule is C=C(C(=O)O)C(=O)c1ccccc1C. The smallest absolute Gasteiger partial charge is 0.339 e. The lowest BCUT2D eigenvalue weighted by molar-refractivity contribution is -0.132. The van der Waals surface area contributed by atoms with Gasteiger partial charge >= 0.3 is 5.97 Å². The van der Waals surface area contributed by atoms with Crippen LogP contribution in [-0.2, 0) is 4.79 Å². The molecule has 0 aromatic heterocycles. The molecule has 0 heterocycles. The van der Waals surface area contributed by atoms with Gasteiger partial charge in [-0.3, -0.25) is 4.79 Å². The summed E-state index contributed by atoms with van der Waals surface area (Å²) in [5.41, 5.74) is 0.735. The Morgan fingerprint density at radius 2 is 1.86 bits per heavy atom. The zero-order chi connectivity index (χ0) is 10.7. The lowest BCUT2D eigenvalue weighted by Gasteiger charge is -2.03. The van der Waals surface area contributed by atoms with Crippen molar-refractivity contribution in [1.82, 2.24) is 0 Å². The van der Waals surface area contributed by atoms with E-state index in [1.165, 1.54) is 0 Å². The molecule has 3 nitrogen and oxygen atoms in total. The highest BCUT2D eigenvalue weighted by Crippen LogP contribution is 2.11. The van der Waals surface area contributed by atoms with Crippen molar-refractivity contribution < 1.29 is 14.7 Å². The van der Waals surface area contributed by atoms with Crippen molar-refractivity contribution in [2.45, 2.75) is 6.92 Å². The Morgan fingerprint density at radius 3 is 2.36 bits per heavy atom. The van der Waals surface area contributed by atoms with Crippen LogP contribution in [0.3, 0.4) is 0 Å². The molecule has 0 unspecified atom stereocenters. The molecule has 0 saturated carbocycles. The van der Waals surface area contributed by atoms with E-state index in [9.17, 15) is 9.59 Å². The Balaban J connectivity index is 3.08. The standard InChI is InChI=1S/C11H10O3/c1-7-5-3-4-6-9(7)10(12)8(2)11(13)14/h3-6H,2H2,1H3,(H,13,14). The summed E-state index contributed by atoms with van der Waals surface area (Å²) in [5, 5.41) is 8.58. The largest absolute Gasteiger partial charge is 0.478 e. The molecule has 0 amide bonds. The predicted molar refractivity (Wildman–Crippen MR) is 52.3 cm³/mol. The maximum atomic E-state index is 11.5. The Hall–Kier alpha value is -1.90. The molecule has 0 spiro atoms. The number of aryl methyl sites for hydroxylation is 1. The maximum absolute atomic E-state index is 11.5. The number of ketones is 1. The number of benzene rings is 1. The van der Waals surface area contributed by atoms with Crippen LogP contribution in [0, 0.1) is 6.92 Å². The van der Waals surface area contributed by atoms with Crippen molar-refractivity contribution in [3.63, 3.8) is 0 Å². The first-order valence-corrected chi connectivity index (χ1v) is 4.06. The lowest BCUT2D eigenvalue weighted by Crippen LogP contribution is -2.12. The van der Waals surface area contributed by atoms with E-state index in [-0.39, 0.29) is 0 Å². The van der Waals surface area contributed by atoms with E-state index in [0.29, 0.717) is 5.56 Å². The third-order valence-corrected chi connectivity index (χ3v) is 1.92. The second kappa shape index (κ2) is 3.87. The monoisotopic (exact) mass is 190 g/mol. The van der Waals surface area contributed by atoms with Gasteiger partial charge in [0.1, 0.15) is 5.57 Å². The molecule has 0 fully saturated rings. The van der Waals surface area contributed by atoms with Gasteiger partial charge in [-0.1, -0.05) is 30.8 Å². The zero-order valence-corrected chi connectivity index (χ0v) is 7.78. The highest BCUT2D eigenvalue weighted by atomic mass is 16.4. The van der Waals surface area contributed by atoms with Crippen molar-refractivity contribution in [3.8, 4) is 0 Å². The molecule has 0 atom stereocenters. The summed E-state index contributed by atoms with van der Waals surface area (Å²) in [4.78, 5) is 22.0. The molecule has 0 radical (unpaired) electrons. The summed E-state index contributed by atoms with van der Waals surface area (Å²) in [7, 11) is 0. The van der Waals surface area contributed by atoms with E-state index in [2.05, 4.69) is 6.58 Å². The molecule has 0 saturated heterocycles. The molecule has 1 rings (SSSR count). The molecule has 0 bridgehead atoms. The highest BCUT2D eigenvalue weighted by Gasteiger charge is 2.17. The van der Waals surface area contributed by atoms with Crippen molar-refractivity contribution in [2.75, 3.05) is 0 Å². The maximum Gasteiger partial charge on any atom is 0.339 e. The van der Waals surface area contributed by atoms with Crippen LogP contribution in [0.15, 0.2) is 36.4 Å². The molecule has 1 aromatic rings. The van der Waals surface area contributed by atoms with Crippen LogP contribution >= 0.6 is 0 Å². The molecular formula is C11H10O3. The minimum atomic E-state index is -1.28. The van der Waals surface area contributed by atoms with Crippen LogP contribution in [0.1, 0.15) is 15.9 Å². The van der Waals surface area contributed by atoms with E-state index >= 15 is 0 Å². The van der Waals surface area contributed by atoms with Crippen molar-refractivity contribution in [3.05, 3.63) is 47.5 Å². The van der Waals surface area contributed by atoms with Gasteiger partial charge in [0.15, 0.2) is 5.78 Å². The van der Waals surface area contributed by atoms with Gasteiger partial charge in [-0.15, -0.1) is 0 Å². The highest BCUT2D eigenvalue weighted by molar-refractivity contribution is 6.23. The van der Waals surface area contributed by atoms with E-state index in [1.807, 2.05) is 0 Å². The fourth-order valence-electron chi connectivity index (χ4n) is 1.09. The second-order valence-corrected chi connectivity index (χ2v) is 2.93. The Kier molecular flexibility index (Phi) is 2.82. The summed E-state index contributed by atoms with van der Waals surface area (Å²) in [5.74, 6) is -1.81. The molecule has 0 aliphatic heterocycles. The van der Waals surface area contributed by atoms with E-state index in [1.54, 1.807) is 31.2 Å². The van der Waals surface area contributed by atoms with Crippen LogP contribution in [0.4, 0.5) is 0 Å². The quantitative estimate of drug-likeness (QED) is 0.342. The third-order valence-electron chi connectivity index (χ3n) is 1.92. The zero-order valence-electron chi connectivity index (χ0n) is 7.78. The number of carboxylic acid groups (broad SMARTS) is 1. The second-order valence-electron chi connectivity index (χ2n) is 2.93. The average molecular weight is 190 g/mol. The van der Waals surface area contributed by atoms with Gasteiger partial charge in [0.25, 0.3) is 0 Å². The summed E-state index contributed by atoms with van der Waals surface area (Å²) in [6, 6.07) is 6.82. The van der Waals surface area contributed by atoms with Gasteiger partial charge in [-0.2, -0.15) is 0 Å². The van der Waals surface area contributed by atoms with Crippen LogP contribution in [0.5, 0.6) is 0 Å². The third kappa shape index (κ3) is 1.88. The lowest BCUT2D eigenvalue weighted by atomic mass is 10.0. The van der Waals surface area contributed by atoms with Gasteiger partial charge in [-0.25, -0.2) is 4.79 Å². The van der Waals surface area contributed by atoms with Crippen molar-refractivity contribution in [2.24, 2.45) is 0 Å². The molecule has 0 aliphatic rings. The van der Waals surface area contributed by atoms with Gasteiger partial charge in [0.05, 0.1) is 0 Å². The number of carboxylic acids is 1. The number of aliphatic carboxylic acids is 1. The molecular weight excluding hydrogens is 180 g/mol. The summed E-state index contributed by atoms with van der Waals surface area (Å²) >= 11 is 0. The van der Waals surface area contributed by atoms with Crippen LogP contribution in [0.25, 0.3) is 0 Å². The van der Waals surface area contributed by atoms with Crippen molar-refractivity contribution >= 4 is 11.8 Å². The predicted octanol–water partition coefficient (Wildman–Crippen LogP) is 1.82. The van der Waals surface area contributed by atoms with E-state index < -0.39 is 17.3 Å². The topological polar surface area (TPSA) is 54.4 Å². The summed E-state index contributed by atoms with van der Waals surface area (Å²) in [6.07, 6.45) is 0. The van der Waals surface area contributed by atoms with Crippen molar-refractivity contribution in [1.29, 1.82) is 0 Å². The van der Waals surface area contributed by atoms with Gasteiger partial charge in [0, 0.05) is 5.56 Å². The molecule has 0 aliphatic carbocycles. The number of carbonyl (C=O) groups excluding carboxylic acids is 1. The molecule has 14 heavy (non-hydrogen) atoms. The number of hydrogen-bond acceptors (Lipinski definition) is 2. The van der Waals surface area contributed by atoms with Crippen LogP contribution in [-0.4, -0.2) is 16.9 Å². The normalized spacial score (nSPS) is 9.50. The first-order valence-electron chi connectivity index (χ1n) is 4.06. The minimum Gasteiger partial charge on any atom is -0.478 e. The Labute approximate surface area is 81.7 Å². The number of carbonyl (C=O) groups is 2. The van der Waals surface area contributed by atoms with Gasteiger partial charge < -0.3 is 5.11 Å². The van der Waals surface area contributed by atoms with Crippen LogP contribution < -0.4 is 0 Å². The number of rotatable bonds is 3. The van der Waals surface area contributed by atoms with Gasteiger partial charge in [-0.05, 0) is 12.5 Å². The molecule has 3 heteroatoms. The number of Topliss-reactive ketones (excluding diaryl/α,β-unsaturated/α-hetero) is 1. The fourth-order valence-corrected chi connectivity index (χ4v) is 1.09. The van der Waals surface area contributed by atoms with Gasteiger partial charge in [0.2, 0.25) is 0 Å².